The quantitative estimate of drug-likeness (QED) is 0.144. The van der Waals surface area contributed by atoms with Crippen LogP contribution >= 0.6 is 0 Å². The molecule has 0 fully saturated rings. The van der Waals surface area contributed by atoms with E-state index < -0.39 is 12.2 Å². The van der Waals surface area contributed by atoms with Crippen molar-refractivity contribution in [3.8, 4) is 36.5 Å². The van der Waals surface area contributed by atoms with Gasteiger partial charge in [-0.3, -0.25) is 0 Å². The Kier molecular flexibility index (Phi) is 22.9. The van der Waals surface area contributed by atoms with Gasteiger partial charge in [-0.2, -0.15) is 0 Å². The van der Waals surface area contributed by atoms with Crippen LogP contribution in [0.15, 0.2) is 48.6 Å². The lowest BCUT2D eigenvalue weighted by Gasteiger charge is -1.97. The van der Waals surface area contributed by atoms with Crippen molar-refractivity contribution >= 4 is 0 Å². The fraction of sp³-hybridized carbons (Fsp3) is 0.533. The van der Waals surface area contributed by atoms with Gasteiger partial charge in [-0.15, -0.1) is 18.8 Å². The van der Waals surface area contributed by atoms with Crippen molar-refractivity contribution in [3.05, 3.63) is 48.6 Å². The monoisotopic (exact) mass is 434 g/mol. The number of hydrogen-bond acceptors (Lipinski definition) is 2. The highest BCUT2D eigenvalue weighted by Gasteiger charge is 1.91. The van der Waals surface area contributed by atoms with Crippen LogP contribution in [0.2, 0.25) is 0 Å². The molecule has 0 unspecified atom stereocenters. The van der Waals surface area contributed by atoms with Gasteiger partial charge >= 0.3 is 0 Å². The minimum Gasteiger partial charge on any atom is -0.377 e. The Bertz CT molecular complexity index is 685. The highest BCUT2D eigenvalue weighted by Crippen LogP contribution is 2.07. The Hall–Kier alpha value is -2.44. The summed E-state index contributed by atoms with van der Waals surface area (Å²) in [6.07, 6.45) is 40.3. The van der Waals surface area contributed by atoms with Crippen LogP contribution in [-0.4, -0.2) is 22.4 Å². The molecule has 2 atom stereocenters. The fourth-order valence-electron chi connectivity index (χ4n) is 2.96. The predicted octanol–water partition coefficient (Wildman–Crippen LogP) is 6.66. The molecule has 0 aliphatic heterocycles. The molecular formula is C30H42O2. The van der Waals surface area contributed by atoms with Crippen LogP contribution in [0.25, 0.3) is 0 Å². The summed E-state index contributed by atoms with van der Waals surface area (Å²) in [4.78, 5) is 0. The third-order valence-electron chi connectivity index (χ3n) is 4.84. The van der Waals surface area contributed by atoms with Crippen LogP contribution in [0.5, 0.6) is 0 Å². The third-order valence-corrected chi connectivity index (χ3v) is 4.84. The van der Waals surface area contributed by atoms with Gasteiger partial charge in [-0.1, -0.05) is 79.9 Å². The normalized spacial score (nSPS) is 13.4. The van der Waals surface area contributed by atoms with Crippen molar-refractivity contribution in [2.45, 2.75) is 102 Å². The molecule has 0 aromatic carbocycles. The summed E-state index contributed by atoms with van der Waals surface area (Å²) < 4.78 is 0. The van der Waals surface area contributed by atoms with Gasteiger partial charge in [0, 0.05) is 12.8 Å². The van der Waals surface area contributed by atoms with Crippen molar-refractivity contribution in [1.29, 1.82) is 0 Å². The van der Waals surface area contributed by atoms with Gasteiger partial charge in [0.2, 0.25) is 0 Å². The summed E-state index contributed by atoms with van der Waals surface area (Å²) in [6, 6.07) is 0. The van der Waals surface area contributed by atoms with E-state index in [4.69, 9.17) is 12.8 Å². The van der Waals surface area contributed by atoms with Crippen LogP contribution in [-0.2, 0) is 0 Å². The summed E-state index contributed by atoms with van der Waals surface area (Å²) >= 11 is 0. The van der Waals surface area contributed by atoms with Crippen molar-refractivity contribution in [1.82, 2.24) is 0 Å². The zero-order valence-corrected chi connectivity index (χ0v) is 19.7. The third kappa shape index (κ3) is 23.8. The molecule has 2 nitrogen and oxygen atoms in total. The van der Waals surface area contributed by atoms with Crippen molar-refractivity contribution in [2.75, 3.05) is 0 Å². The molecule has 0 saturated carbocycles. The van der Waals surface area contributed by atoms with E-state index in [9.17, 15) is 10.2 Å². The van der Waals surface area contributed by atoms with Gasteiger partial charge in [0.15, 0.2) is 0 Å². The largest absolute Gasteiger partial charge is 0.377 e. The van der Waals surface area contributed by atoms with Gasteiger partial charge in [-0.25, -0.2) is 0 Å². The molecule has 0 aliphatic rings. The molecular weight excluding hydrogens is 392 g/mol. The van der Waals surface area contributed by atoms with E-state index in [1.807, 2.05) is 12.2 Å². The SMILES string of the molecule is C#C[C@@H](O)/C=C/CCCCCCC#CC/C=C\C/C=C\CCCCCC/C=C/[C@@H](O)C#C. The zero-order valence-electron chi connectivity index (χ0n) is 19.7. The van der Waals surface area contributed by atoms with Gasteiger partial charge in [0.1, 0.15) is 12.2 Å². The maximum atomic E-state index is 9.19. The van der Waals surface area contributed by atoms with Crippen molar-refractivity contribution < 1.29 is 10.2 Å². The first kappa shape index (κ1) is 29.6. The molecule has 0 spiro atoms. The molecule has 0 saturated heterocycles. The predicted molar refractivity (Wildman–Crippen MR) is 139 cm³/mol. The number of terminal acetylenes is 2. The second-order valence-corrected chi connectivity index (χ2v) is 7.76. The van der Waals surface area contributed by atoms with Crippen LogP contribution < -0.4 is 0 Å². The second-order valence-electron chi connectivity index (χ2n) is 7.76. The summed E-state index contributed by atoms with van der Waals surface area (Å²) in [5.74, 6) is 11.0. The first-order valence-corrected chi connectivity index (χ1v) is 12.1. The van der Waals surface area contributed by atoms with Gasteiger partial charge < -0.3 is 10.2 Å². The van der Waals surface area contributed by atoms with Crippen molar-refractivity contribution in [2.24, 2.45) is 0 Å². The lowest BCUT2D eigenvalue weighted by molar-refractivity contribution is 0.280. The first-order valence-electron chi connectivity index (χ1n) is 12.1. The van der Waals surface area contributed by atoms with E-state index >= 15 is 0 Å². The molecule has 0 aliphatic carbocycles. The topological polar surface area (TPSA) is 40.5 Å². The van der Waals surface area contributed by atoms with E-state index in [1.165, 1.54) is 32.1 Å². The molecule has 0 bridgehead atoms. The molecule has 174 valence electrons. The minimum atomic E-state index is -0.743. The number of hydrogen-bond donors (Lipinski definition) is 2. The number of aliphatic hydroxyl groups is 2. The molecule has 2 heteroatoms. The lowest BCUT2D eigenvalue weighted by atomic mass is 10.1. The van der Waals surface area contributed by atoms with Gasteiger partial charge in [-0.05, 0) is 63.5 Å². The molecule has 2 N–H and O–H groups in total. The number of rotatable bonds is 18. The van der Waals surface area contributed by atoms with Crippen LogP contribution in [0.4, 0.5) is 0 Å². The Morgan fingerprint density at radius 3 is 1.62 bits per heavy atom. The van der Waals surface area contributed by atoms with E-state index in [0.717, 1.165) is 57.8 Å². The lowest BCUT2D eigenvalue weighted by Crippen LogP contribution is -1.95. The van der Waals surface area contributed by atoms with E-state index in [0.29, 0.717) is 0 Å². The molecule has 0 aromatic rings. The molecule has 0 rings (SSSR count). The number of aliphatic hydroxyl groups excluding tert-OH is 2. The zero-order chi connectivity index (χ0) is 23.5. The second kappa shape index (κ2) is 24.8. The van der Waals surface area contributed by atoms with Crippen molar-refractivity contribution in [3.63, 3.8) is 0 Å². The molecule has 0 amide bonds. The minimum absolute atomic E-state index is 0.738. The molecule has 0 aromatic heterocycles. The van der Waals surface area contributed by atoms with Crippen LogP contribution in [0.1, 0.15) is 89.9 Å². The summed E-state index contributed by atoms with van der Waals surface area (Å²) in [7, 11) is 0. The molecule has 0 radical (unpaired) electrons. The highest BCUT2D eigenvalue weighted by atomic mass is 16.3. The maximum Gasteiger partial charge on any atom is 0.133 e. The van der Waals surface area contributed by atoms with Gasteiger partial charge in [0.25, 0.3) is 0 Å². The van der Waals surface area contributed by atoms with E-state index in [2.05, 4.69) is 48.0 Å². The van der Waals surface area contributed by atoms with E-state index in [-0.39, 0.29) is 0 Å². The summed E-state index contributed by atoms with van der Waals surface area (Å²) in [6.45, 7) is 0. The number of unbranched alkanes of at least 4 members (excludes halogenated alkanes) is 10. The molecule has 32 heavy (non-hydrogen) atoms. The average molecular weight is 435 g/mol. The summed E-state index contributed by atoms with van der Waals surface area (Å²) in [5, 5.41) is 18.4. The summed E-state index contributed by atoms with van der Waals surface area (Å²) in [5.41, 5.74) is 0. The van der Waals surface area contributed by atoms with E-state index in [1.54, 1.807) is 12.2 Å². The van der Waals surface area contributed by atoms with Crippen LogP contribution in [0, 0.1) is 36.5 Å². The fourth-order valence-corrected chi connectivity index (χ4v) is 2.96. The highest BCUT2D eigenvalue weighted by molar-refractivity contribution is 5.07. The Morgan fingerprint density at radius 1 is 0.562 bits per heavy atom. The first-order chi connectivity index (χ1) is 15.7. The van der Waals surface area contributed by atoms with Gasteiger partial charge in [0.05, 0.1) is 0 Å². The smallest absolute Gasteiger partial charge is 0.133 e. The maximum absolute atomic E-state index is 9.19. The number of allylic oxidation sites excluding steroid dienone is 6. The average Bonchev–Trinajstić information content (AvgIpc) is 2.81. The Labute approximate surface area is 197 Å². The van der Waals surface area contributed by atoms with Crippen LogP contribution in [0.3, 0.4) is 0 Å². The standard InChI is InChI=1S/C30H42O2/c1-3-29(31)27-25-23-21-19-17-15-13-11-9-7-5-6-8-10-12-14-16-18-20-22-24-26-28-30(32)4-2/h1-2,5-6,9,11,25-32H,7-8,13-24H2/b6-5-,11-9-,27-25+,28-26+/t29-,30+/m0/s1. The molecule has 0 heterocycles. The Balaban J connectivity index is 3.42. The Morgan fingerprint density at radius 2 is 1.06 bits per heavy atom.